The summed E-state index contributed by atoms with van der Waals surface area (Å²) in [6.07, 6.45) is 0. The van der Waals surface area contributed by atoms with Crippen molar-refractivity contribution in [3.63, 3.8) is 0 Å². The Morgan fingerprint density at radius 3 is 2.50 bits per heavy atom. The van der Waals surface area contributed by atoms with Crippen LogP contribution in [0.25, 0.3) is 15.9 Å². The monoisotopic (exact) mass is 494 g/mol. The van der Waals surface area contributed by atoms with Gasteiger partial charge in [0.1, 0.15) is 10.5 Å². The number of thioether (sulfide) groups is 1. The molecule has 2 aromatic heterocycles. The molecule has 3 heterocycles. The summed E-state index contributed by atoms with van der Waals surface area (Å²) in [6, 6.07) is 18.2. The van der Waals surface area contributed by atoms with Crippen LogP contribution in [0.5, 0.6) is 0 Å². The Kier molecular flexibility index (Phi) is 6.75. The highest BCUT2D eigenvalue weighted by atomic mass is 32.2. The van der Waals surface area contributed by atoms with Crippen LogP contribution < -0.4 is 5.56 Å². The van der Waals surface area contributed by atoms with Crippen molar-refractivity contribution in [3.8, 4) is 5.69 Å². The van der Waals surface area contributed by atoms with Crippen molar-refractivity contribution in [2.45, 2.75) is 11.7 Å². The fourth-order valence-corrected chi connectivity index (χ4v) is 5.72. The molecule has 34 heavy (non-hydrogen) atoms. The van der Waals surface area contributed by atoms with E-state index in [9.17, 15) is 14.0 Å². The number of carbonyl (C=O) groups excluding carboxylic acids is 1. The minimum atomic E-state index is -0.509. The summed E-state index contributed by atoms with van der Waals surface area (Å²) in [5.74, 6) is -0.385. The normalized spacial score (nSPS) is 14.6. The number of hydrogen-bond acceptors (Lipinski definition) is 6. The molecule has 0 radical (unpaired) electrons. The number of thiophene rings is 1. The van der Waals surface area contributed by atoms with Crippen molar-refractivity contribution in [2.24, 2.45) is 0 Å². The quantitative estimate of drug-likeness (QED) is 0.299. The maximum absolute atomic E-state index is 14.6. The van der Waals surface area contributed by atoms with Gasteiger partial charge in [0.15, 0.2) is 5.16 Å². The van der Waals surface area contributed by atoms with Gasteiger partial charge in [-0.15, -0.1) is 11.3 Å². The number of amides is 1. The summed E-state index contributed by atoms with van der Waals surface area (Å²) in [6.45, 7) is 3.80. The van der Waals surface area contributed by atoms with Crippen LogP contribution in [0.2, 0.25) is 0 Å². The van der Waals surface area contributed by atoms with Gasteiger partial charge in [-0.05, 0) is 29.1 Å². The fraction of sp³-hybridized carbons (Fsp3) is 0.240. The molecule has 0 spiro atoms. The summed E-state index contributed by atoms with van der Waals surface area (Å²) in [5.41, 5.74) is 1.64. The molecule has 0 aliphatic carbocycles. The molecule has 6 nitrogen and oxygen atoms in total. The predicted molar refractivity (Wildman–Crippen MR) is 134 cm³/mol. The molecule has 174 valence electrons. The minimum absolute atomic E-state index is 0.0101. The minimum Gasteiger partial charge on any atom is -0.339 e. The zero-order valence-corrected chi connectivity index (χ0v) is 20.0. The second-order valence-corrected chi connectivity index (χ2v) is 9.91. The number of para-hydroxylation sites is 1. The summed E-state index contributed by atoms with van der Waals surface area (Å²) in [5, 5.41) is 2.11. The maximum Gasteiger partial charge on any atom is 0.276 e. The lowest BCUT2D eigenvalue weighted by molar-refractivity contribution is -0.130. The highest BCUT2D eigenvalue weighted by Gasteiger charge is 2.23. The second kappa shape index (κ2) is 10.1. The van der Waals surface area contributed by atoms with E-state index in [1.165, 1.54) is 39.3 Å². The number of rotatable bonds is 6. The number of hydrogen-bond donors (Lipinski definition) is 0. The molecule has 0 N–H and O–H groups in total. The molecule has 9 heteroatoms. The third-order valence-corrected chi connectivity index (χ3v) is 7.66. The van der Waals surface area contributed by atoms with Crippen molar-refractivity contribution in [1.82, 2.24) is 19.4 Å². The number of benzene rings is 2. The third-order valence-electron chi connectivity index (χ3n) is 5.84. The Hall–Kier alpha value is -3.01. The standard InChI is InChI=1S/C25H23FN4O2S2/c26-19-8-4-5-9-21(19)30-24(32)23-20(10-15-33-23)27-25(30)34-17-22(31)29-13-11-28(12-14-29)16-18-6-2-1-3-7-18/h1-10,15H,11-14,16-17H2. The van der Waals surface area contributed by atoms with Crippen molar-refractivity contribution in [3.05, 3.63) is 87.8 Å². The molecule has 0 bridgehead atoms. The van der Waals surface area contributed by atoms with E-state index in [0.29, 0.717) is 28.5 Å². The van der Waals surface area contributed by atoms with E-state index in [4.69, 9.17) is 0 Å². The third kappa shape index (κ3) is 4.77. The van der Waals surface area contributed by atoms with Gasteiger partial charge in [0, 0.05) is 32.7 Å². The van der Waals surface area contributed by atoms with Crippen LogP contribution in [0.4, 0.5) is 4.39 Å². The Bertz CT molecular complexity index is 1360. The largest absolute Gasteiger partial charge is 0.339 e. The fourth-order valence-electron chi connectivity index (χ4n) is 4.05. The van der Waals surface area contributed by atoms with E-state index in [2.05, 4.69) is 22.0 Å². The first-order valence-corrected chi connectivity index (χ1v) is 12.9. The lowest BCUT2D eigenvalue weighted by atomic mass is 10.2. The van der Waals surface area contributed by atoms with Crippen LogP contribution >= 0.6 is 23.1 Å². The molecular weight excluding hydrogens is 471 g/mol. The summed E-state index contributed by atoms with van der Waals surface area (Å²) in [4.78, 5) is 34.9. The Morgan fingerprint density at radius 1 is 1.00 bits per heavy atom. The Balaban J connectivity index is 1.29. The van der Waals surface area contributed by atoms with Crippen LogP contribution in [-0.2, 0) is 11.3 Å². The smallest absolute Gasteiger partial charge is 0.276 e. The molecule has 1 aliphatic heterocycles. The van der Waals surface area contributed by atoms with Gasteiger partial charge >= 0.3 is 0 Å². The van der Waals surface area contributed by atoms with Crippen molar-refractivity contribution < 1.29 is 9.18 Å². The highest BCUT2D eigenvalue weighted by molar-refractivity contribution is 7.99. The van der Waals surface area contributed by atoms with Crippen LogP contribution in [0.15, 0.2) is 76.0 Å². The first-order chi connectivity index (χ1) is 16.6. The van der Waals surface area contributed by atoms with Crippen LogP contribution in [0.1, 0.15) is 5.56 Å². The summed E-state index contributed by atoms with van der Waals surface area (Å²) < 4.78 is 16.3. The van der Waals surface area contributed by atoms with E-state index >= 15 is 0 Å². The summed E-state index contributed by atoms with van der Waals surface area (Å²) in [7, 11) is 0. The zero-order valence-electron chi connectivity index (χ0n) is 18.4. The Morgan fingerprint density at radius 2 is 1.74 bits per heavy atom. The molecule has 1 aliphatic rings. The van der Waals surface area contributed by atoms with Crippen molar-refractivity contribution in [2.75, 3.05) is 31.9 Å². The molecule has 0 unspecified atom stereocenters. The van der Waals surface area contributed by atoms with Gasteiger partial charge in [0.25, 0.3) is 5.56 Å². The second-order valence-electron chi connectivity index (χ2n) is 8.05. The van der Waals surface area contributed by atoms with Crippen LogP contribution in [-0.4, -0.2) is 57.2 Å². The highest BCUT2D eigenvalue weighted by Crippen LogP contribution is 2.25. The number of halogens is 1. The number of piperazine rings is 1. The molecule has 1 saturated heterocycles. The van der Waals surface area contributed by atoms with Crippen molar-refractivity contribution in [1.29, 1.82) is 0 Å². The van der Waals surface area contributed by atoms with Crippen LogP contribution in [0.3, 0.4) is 0 Å². The van der Waals surface area contributed by atoms with Gasteiger partial charge in [-0.2, -0.15) is 0 Å². The maximum atomic E-state index is 14.6. The lowest BCUT2D eigenvalue weighted by Gasteiger charge is -2.34. The molecule has 1 amide bonds. The van der Waals surface area contributed by atoms with E-state index < -0.39 is 5.82 Å². The number of fused-ring (bicyclic) bond motifs is 1. The molecule has 2 aromatic carbocycles. The molecule has 5 rings (SSSR count). The lowest BCUT2D eigenvalue weighted by Crippen LogP contribution is -2.48. The molecule has 0 atom stereocenters. The first kappa shape index (κ1) is 22.8. The molecule has 1 fully saturated rings. The first-order valence-electron chi connectivity index (χ1n) is 11.0. The van der Waals surface area contributed by atoms with E-state index in [-0.39, 0.29) is 22.9 Å². The van der Waals surface area contributed by atoms with Gasteiger partial charge in [0.05, 0.1) is 17.0 Å². The topological polar surface area (TPSA) is 58.4 Å². The van der Waals surface area contributed by atoms with E-state index in [1.54, 1.807) is 29.6 Å². The zero-order chi connectivity index (χ0) is 23.5. The van der Waals surface area contributed by atoms with Crippen LogP contribution in [0, 0.1) is 5.82 Å². The predicted octanol–water partition coefficient (Wildman–Crippen LogP) is 4.02. The SMILES string of the molecule is O=C(CSc1nc2ccsc2c(=O)n1-c1ccccc1F)N1CCN(Cc2ccccc2)CC1. The van der Waals surface area contributed by atoms with Gasteiger partial charge in [-0.25, -0.2) is 9.37 Å². The van der Waals surface area contributed by atoms with Crippen molar-refractivity contribution >= 4 is 39.2 Å². The average molecular weight is 495 g/mol. The van der Waals surface area contributed by atoms with Gasteiger partial charge < -0.3 is 4.90 Å². The number of aromatic nitrogens is 2. The van der Waals surface area contributed by atoms with Gasteiger partial charge in [0.2, 0.25) is 5.91 Å². The average Bonchev–Trinajstić information content (AvgIpc) is 3.34. The van der Waals surface area contributed by atoms with E-state index in [0.717, 1.165) is 19.6 Å². The number of nitrogens with zero attached hydrogens (tertiary/aromatic N) is 4. The molecular formula is C25H23FN4O2S2. The van der Waals surface area contributed by atoms with E-state index in [1.807, 2.05) is 23.1 Å². The van der Waals surface area contributed by atoms with Gasteiger partial charge in [-0.1, -0.05) is 54.2 Å². The Labute approximate surface area is 204 Å². The number of carbonyl (C=O) groups is 1. The molecule has 4 aromatic rings. The van der Waals surface area contributed by atoms with Gasteiger partial charge in [-0.3, -0.25) is 19.1 Å². The molecule has 0 saturated carbocycles. The summed E-state index contributed by atoms with van der Waals surface area (Å²) >= 11 is 2.45.